The zero-order valence-electron chi connectivity index (χ0n) is 13.5. The van der Waals surface area contributed by atoms with Gasteiger partial charge in [0.2, 0.25) is 0 Å². The fraction of sp³-hybridized carbons (Fsp3) is 0.333. The number of hydrogen-bond acceptors (Lipinski definition) is 4. The first kappa shape index (κ1) is 16.4. The van der Waals surface area contributed by atoms with E-state index in [1.807, 2.05) is 11.0 Å². The number of nitrogens with one attached hydrogen (secondary N) is 2. The molecule has 0 radical (unpaired) electrons. The van der Waals surface area contributed by atoms with Crippen LogP contribution in [0.25, 0.3) is 0 Å². The van der Waals surface area contributed by atoms with Crippen LogP contribution in [0.1, 0.15) is 28.4 Å². The number of pyridine rings is 1. The van der Waals surface area contributed by atoms with Crippen molar-refractivity contribution in [2.45, 2.75) is 18.5 Å². The predicted molar refractivity (Wildman–Crippen MR) is 92.5 cm³/mol. The van der Waals surface area contributed by atoms with Gasteiger partial charge < -0.3 is 4.90 Å². The number of benzene rings is 1. The molecule has 3 atom stereocenters. The summed E-state index contributed by atoms with van der Waals surface area (Å²) >= 11 is 5.89. The summed E-state index contributed by atoms with van der Waals surface area (Å²) < 4.78 is 14.2. The molecule has 0 saturated carbocycles. The summed E-state index contributed by atoms with van der Waals surface area (Å²) in [5.74, 6) is -0.194. The smallest absolute Gasteiger partial charge is 0.254 e. The molecule has 130 valence electrons. The third-order valence-corrected chi connectivity index (χ3v) is 5.22. The lowest BCUT2D eigenvalue weighted by Gasteiger charge is -2.36. The van der Waals surface area contributed by atoms with Crippen molar-refractivity contribution in [3.05, 3.63) is 64.7 Å². The molecule has 1 aromatic heterocycles. The average molecular weight is 361 g/mol. The van der Waals surface area contributed by atoms with Crippen LogP contribution in [0.4, 0.5) is 4.39 Å². The average Bonchev–Trinajstić information content (AvgIpc) is 3.04. The Morgan fingerprint density at radius 3 is 2.92 bits per heavy atom. The number of hydrogen-bond donors (Lipinski definition) is 2. The maximum atomic E-state index is 14.2. The summed E-state index contributed by atoms with van der Waals surface area (Å²) in [6.45, 7) is 1.21. The second kappa shape index (κ2) is 6.71. The van der Waals surface area contributed by atoms with Crippen LogP contribution >= 0.6 is 11.6 Å². The number of hydrazine groups is 1. The Balaban J connectivity index is 1.55. The number of nitrogens with zero attached hydrogens (tertiary/aromatic N) is 2. The molecule has 2 fully saturated rings. The molecule has 2 N–H and O–H groups in total. The van der Waals surface area contributed by atoms with Crippen LogP contribution in [-0.4, -0.2) is 34.9 Å². The first-order valence-corrected chi connectivity index (χ1v) is 8.67. The highest BCUT2D eigenvalue weighted by atomic mass is 35.5. The van der Waals surface area contributed by atoms with Gasteiger partial charge in [-0.05, 0) is 24.6 Å². The van der Waals surface area contributed by atoms with E-state index in [2.05, 4.69) is 15.8 Å². The number of piperidine rings is 1. The van der Waals surface area contributed by atoms with E-state index in [-0.39, 0.29) is 29.7 Å². The molecule has 4 rings (SSSR count). The Labute approximate surface area is 150 Å². The quantitative estimate of drug-likeness (QED) is 0.808. The number of aromatic nitrogens is 1. The summed E-state index contributed by atoms with van der Waals surface area (Å²) in [7, 11) is 0. The van der Waals surface area contributed by atoms with Gasteiger partial charge in [0.05, 0.1) is 6.04 Å². The van der Waals surface area contributed by atoms with Crippen LogP contribution in [0, 0.1) is 11.7 Å². The monoisotopic (exact) mass is 360 g/mol. The highest BCUT2D eigenvalue weighted by Crippen LogP contribution is 2.35. The van der Waals surface area contributed by atoms with Crippen LogP contribution in [0.3, 0.4) is 0 Å². The van der Waals surface area contributed by atoms with Crippen molar-refractivity contribution in [1.82, 2.24) is 20.7 Å². The molecule has 3 unspecified atom stereocenters. The van der Waals surface area contributed by atoms with Crippen molar-refractivity contribution >= 4 is 17.5 Å². The van der Waals surface area contributed by atoms with Crippen molar-refractivity contribution in [2.75, 3.05) is 13.1 Å². The second-order valence-corrected chi connectivity index (χ2v) is 6.85. The van der Waals surface area contributed by atoms with Gasteiger partial charge in [-0.25, -0.2) is 14.8 Å². The molecule has 5 nitrogen and oxygen atoms in total. The van der Waals surface area contributed by atoms with E-state index < -0.39 is 0 Å². The zero-order valence-corrected chi connectivity index (χ0v) is 14.2. The lowest BCUT2D eigenvalue weighted by molar-refractivity contribution is 0.0652. The lowest BCUT2D eigenvalue weighted by atomic mass is 9.84. The third-order valence-electron chi connectivity index (χ3n) is 5.01. The summed E-state index contributed by atoms with van der Waals surface area (Å²) in [6, 6.07) is 10.1. The Kier molecular flexibility index (Phi) is 4.41. The zero-order chi connectivity index (χ0) is 17.4. The van der Waals surface area contributed by atoms with Crippen LogP contribution < -0.4 is 10.9 Å². The maximum absolute atomic E-state index is 14.2. The normalized spacial score (nSPS) is 25.7. The Morgan fingerprint density at radius 2 is 2.12 bits per heavy atom. The van der Waals surface area contributed by atoms with Gasteiger partial charge in [-0.15, -0.1) is 0 Å². The van der Waals surface area contributed by atoms with E-state index in [9.17, 15) is 9.18 Å². The molecular formula is C18H18ClFN4O. The molecule has 25 heavy (non-hydrogen) atoms. The van der Waals surface area contributed by atoms with Gasteiger partial charge in [-0.3, -0.25) is 10.2 Å². The number of amides is 1. The number of carbonyl (C=O) groups excluding carboxylic acids is 1. The van der Waals surface area contributed by atoms with Crippen LogP contribution in [0.15, 0.2) is 42.6 Å². The Hall–Kier alpha value is -2.02. The van der Waals surface area contributed by atoms with Gasteiger partial charge in [-0.2, -0.15) is 0 Å². The molecule has 1 aromatic carbocycles. The predicted octanol–water partition coefficient (Wildman–Crippen LogP) is 2.55. The van der Waals surface area contributed by atoms with Gasteiger partial charge in [0, 0.05) is 42.4 Å². The summed E-state index contributed by atoms with van der Waals surface area (Å²) in [5.41, 5.74) is 7.62. The minimum absolute atomic E-state index is 0.0677. The number of likely N-dealkylation sites (tertiary alicyclic amines) is 1. The minimum atomic E-state index is -0.230. The van der Waals surface area contributed by atoms with E-state index >= 15 is 0 Å². The Morgan fingerprint density at radius 1 is 1.28 bits per heavy atom. The second-order valence-electron chi connectivity index (χ2n) is 6.47. The Bertz CT molecular complexity index is 802. The largest absolute Gasteiger partial charge is 0.338 e. The number of rotatable bonds is 2. The fourth-order valence-electron chi connectivity index (χ4n) is 3.74. The van der Waals surface area contributed by atoms with Crippen LogP contribution in [0.2, 0.25) is 5.15 Å². The standard InChI is InChI=1S/C18H18ClFN4O/c19-16-9-11(5-7-21-16)18(25)24-8-6-15-13(10-24)17(23-22-15)12-3-1-2-4-14(12)20/h1-5,7,9,13,15,17,22-23H,6,8,10H2. The molecule has 7 heteroatoms. The van der Waals surface area contributed by atoms with Crippen LogP contribution in [-0.2, 0) is 0 Å². The molecule has 2 saturated heterocycles. The molecule has 0 aliphatic carbocycles. The van der Waals surface area contributed by atoms with Crippen LogP contribution in [0.5, 0.6) is 0 Å². The van der Waals surface area contributed by atoms with Crippen molar-refractivity contribution in [3.8, 4) is 0 Å². The molecule has 2 aromatic rings. The van der Waals surface area contributed by atoms with Gasteiger partial charge in [0.1, 0.15) is 11.0 Å². The molecule has 0 bridgehead atoms. The maximum Gasteiger partial charge on any atom is 0.254 e. The van der Waals surface area contributed by atoms with Gasteiger partial charge in [0.25, 0.3) is 5.91 Å². The van der Waals surface area contributed by atoms with Gasteiger partial charge >= 0.3 is 0 Å². The van der Waals surface area contributed by atoms with E-state index in [0.29, 0.717) is 29.4 Å². The fourth-order valence-corrected chi connectivity index (χ4v) is 3.91. The molecule has 1 amide bonds. The van der Waals surface area contributed by atoms with Crippen molar-refractivity contribution in [2.24, 2.45) is 5.92 Å². The third kappa shape index (κ3) is 3.13. The molecule has 0 spiro atoms. The minimum Gasteiger partial charge on any atom is -0.338 e. The SMILES string of the molecule is O=C(c1ccnc(Cl)c1)N1CCC2NNC(c3ccccc3F)C2C1. The lowest BCUT2D eigenvalue weighted by Crippen LogP contribution is -2.47. The number of fused-ring (bicyclic) bond motifs is 1. The summed E-state index contributed by atoms with van der Waals surface area (Å²) in [4.78, 5) is 18.5. The number of carbonyl (C=O) groups is 1. The number of halogens is 2. The summed E-state index contributed by atoms with van der Waals surface area (Å²) in [5, 5.41) is 0.300. The molecular weight excluding hydrogens is 343 g/mol. The van der Waals surface area contributed by atoms with Crippen molar-refractivity contribution in [3.63, 3.8) is 0 Å². The molecule has 2 aliphatic heterocycles. The van der Waals surface area contributed by atoms with Crippen molar-refractivity contribution < 1.29 is 9.18 Å². The van der Waals surface area contributed by atoms with Gasteiger partial charge in [-0.1, -0.05) is 29.8 Å². The van der Waals surface area contributed by atoms with E-state index in [1.165, 1.54) is 12.3 Å². The van der Waals surface area contributed by atoms with Gasteiger partial charge in [0.15, 0.2) is 0 Å². The summed E-state index contributed by atoms with van der Waals surface area (Å²) in [6.07, 6.45) is 2.34. The van der Waals surface area contributed by atoms with E-state index in [1.54, 1.807) is 24.3 Å². The highest BCUT2D eigenvalue weighted by molar-refractivity contribution is 6.29. The van der Waals surface area contributed by atoms with E-state index in [4.69, 9.17) is 11.6 Å². The topological polar surface area (TPSA) is 57.3 Å². The molecule has 3 heterocycles. The van der Waals surface area contributed by atoms with Crippen molar-refractivity contribution in [1.29, 1.82) is 0 Å². The first-order valence-electron chi connectivity index (χ1n) is 8.30. The first-order chi connectivity index (χ1) is 12.1. The highest BCUT2D eigenvalue weighted by Gasteiger charge is 2.42. The van der Waals surface area contributed by atoms with E-state index in [0.717, 1.165) is 6.42 Å². The molecule has 2 aliphatic rings.